The van der Waals surface area contributed by atoms with Gasteiger partial charge in [0.25, 0.3) is 12.9 Å². The van der Waals surface area contributed by atoms with Gasteiger partial charge in [0, 0.05) is 11.1 Å². The van der Waals surface area contributed by atoms with Crippen LogP contribution in [0.3, 0.4) is 0 Å². The van der Waals surface area contributed by atoms with Crippen molar-refractivity contribution in [2.24, 2.45) is 0 Å². The first kappa shape index (κ1) is 27.7. The Morgan fingerprint density at radius 3 is 1.53 bits per heavy atom. The molecule has 0 saturated heterocycles. The molecule has 0 aliphatic carbocycles. The van der Waals surface area contributed by atoms with Crippen molar-refractivity contribution in [1.29, 1.82) is 0 Å². The number of aliphatic hydroxyl groups excluding tert-OH is 1. The Hall–Kier alpha value is -2.87. The van der Waals surface area contributed by atoms with Gasteiger partial charge in [-0.25, -0.2) is 45.7 Å². The van der Waals surface area contributed by atoms with E-state index < -0.39 is 42.7 Å². The van der Waals surface area contributed by atoms with Crippen molar-refractivity contribution in [3.05, 3.63) is 81.4 Å². The van der Waals surface area contributed by atoms with Crippen LogP contribution in [-0.4, -0.2) is 34.6 Å². The summed E-state index contributed by atoms with van der Waals surface area (Å²) in [5.74, 6) is -2.98. The number of alkyl halides is 5. The third-order valence-electron chi connectivity index (χ3n) is 4.54. The van der Waals surface area contributed by atoms with E-state index in [-0.39, 0.29) is 38.4 Å². The molecule has 2 heterocycles. The molecule has 0 saturated carbocycles. The Kier molecular flexibility index (Phi) is 9.17. The zero-order valence-electron chi connectivity index (χ0n) is 17.6. The lowest BCUT2D eigenvalue weighted by molar-refractivity contribution is 0.140. The van der Waals surface area contributed by atoms with E-state index in [1.54, 1.807) is 0 Å². The van der Waals surface area contributed by atoms with Crippen LogP contribution in [-0.2, 0) is 12.5 Å². The maximum atomic E-state index is 13.7. The monoisotopic (exact) mass is 572 g/mol. The number of aromatic nitrogens is 6. The van der Waals surface area contributed by atoms with Crippen LogP contribution in [0.1, 0.15) is 35.6 Å². The molecule has 0 fully saturated rings. The fourth-order valence-electron chi connectivity index (χ4n) is 2.86. The number of halogens is 9. The number of rotatable bonds is 6. The molecule has 4 aromatic rings. The number of hydrogen-bond donors (Lipinski definition) is 1. The van der Waals surface area contributed by atoms with Gasteiger partial charge < -0.3 is 5.11 Å². The smallest absolute Gasteiger partial charge is 0.299 e. The molecule has 0 unspecified atom stereocenters. The lowest BCUT2D eigenvalue weighted by Crippen LogP contribution is -2.04. The van der Waals surface area contributed by atoms with Crippen LogP contribution in [0.2, 0.25) is 10.0 Å². The Labute approximate surface area is 213 Å². The highest BCUT2D eigenvalue weighted by atomic mass is 35.5. The molecule has 36 heavy (non-hydrogen) atoms. The molecular formula is C20H13Cl3F6N6O. The summed E-state index contributed by atoms with van der Waals surface area (Å²) in [6, 6.07) is 5.34. The van der Waals surface area contributed by atoms with Gasteiger partial charge in [0.2, 0.25) is 11.6 Å². The van der Waals surface area contributed by atoms with E-state index in [2.05, 4.69) is 20.2 Å². The van der Waals surface area contributed by atoms with Gasteiger partial charge in [-0.15, -0.1) is 21.8 Å². The number of nitrogens with zero attached hydrogens (tertiary/aromatic N) is 6. The average Bonchev–Trinajstić information content (AvgIpc) is 3.53. The van der Waals surface area contributed by atoms with Crippen LogP contribution >= 0.6 is 34.8 Å². The summed E-state index contributed by atoms with van der Waals surface area (Å²) >= 11 is 16.8. The second-order valence-electron chi connectivity index (χ2n) is 6.71. The molecule has 192 valence electrons. The lowest BCUT2D eigenvalue weighted by atomic mass is 10.2. The summed E-state index contributed by atoms with van der Waals surface area (Å²) in [6.07, 6.45) is -3.52. The SMILES string of the molecule is Fc1c(Cl)ccc(-n2cnc(C(F)F)n2)c1CCl.OCc1c(-n2cnc(C(F)F)n2)ccc(Cl)c1F. The molecule has 0 amide bonds. The highest BCUT2D eigenvalue weighted by Crippen LogP contribution is 2.27. The molecule has 2 aromatic carbocycles. The summed E-state index contributed by atoms with van der Waals surface area (Å²) in [5.41, 5.74) is 0.285. The van der Waals surface area contributed by atoms with Gasteiger partial charge in [0.1, 0.15) is 24.3 Å². The maximum absolute atomic E-state index is 13.7. The standard InChI is InChI=1S/C10H6Cl2F3N3.C10H7ClF3N3O/c11-3-5-7(2-1-6(12)8(5)13)18-4-16-10(17-18)9(14)15;11-6-1-2-7(5(3-18)8(6)12)17-4-15-10(16-17)9(13)14/h1-2,4,9H,3H2;1-2,4,9,18H,3H2. The maximum Gasteiger partial charge on any atom is 0.299 e. The zero-order valence-corrected chi connectivity index (χ0v) is 19.8. The van der Waals surface area contributed by atoms with E-state index in [1.165, 1.54) is 24.3 Å². The van der Waals surface area contributed by atoms with Crippen LogP contribution in [0.25, 0.3) is 11.4 Å². The second-order valence-corrected chi connectivity index (χ2v) is 7.79. The Morgan fingerprint density at radius 2 is 1.17 bits per heavy atom. The minimum absolute atomic E-state index is 0.0786. The van der Waals surface area contributed by atoms with E-state index in [9.17, 15) is 26.3 Å². The normalized spacial score (nSPS) is 11.2. The van der Waals surface area contributed by atoms with Gasteiger partial charge in [0.05, 0.1) is 33.9 Å². The van der Waals surface area contributed by atoms with E-state index in [0.29, 0.717) is 0 Å². The largest absolute Gasteiger partial charge is 0.391 e. The molecule has 0 aliphatic rings. The lowest BCUT2D eigenvalue weighted by Gasteiger charge is -2.08. The predicted octanol–water partition coefficient (Wildman–Crippen LogP) is 6.23. The van der Waals surface area contributed by atoms with Crippen molar-refractivity contribution in [2.45, 2.75) is 25.3 Å². The summed E-state index contributed by atoms with van der Waals surface area (Å²) in [6.45, 7) is -0.633. The zero-order chi connectivity index (χ0) is 26.6. The van der Waals surface area contributed by atoms with Gasteiger partial charge in [-0.1, -0.05) is 23.2 Å². The minimum Gasteiger partial charge on any atom is -0.391 e. The second kappa shape index (κ2) is 11.9. The van der Waals surface area contributed by atoms with Crippen LogP contribution in [0, 0.1) is 11.6 Å². The first-order valence-electron chi connectivity index (χ1n) is 9.59. The third kappa shape index (κ3) is 5.91. The molecule has 7 nitrogen and oxygen atoms in total. The highest BCUT2D eigenvalue weighted by molar-refractivity contribution is 6.31. The van der Waals surface area contributed by atoms with E-state index >= 15 is 0 Å². The molecule has 4 rings (SSSR count). The van der Waals surface area contributed by atoms with Crippen molar-refractivity contribution in [1.82, 2.24) is 29.5 Å². The van der Waals surface area contributed by atoms with Gasteiger partial charge >= 0.3 is 0 Å². The van der Waals surface area contributed by atoms with Gasteiger partial charge in [0.15, 0.2) is 0 Å². The molecular weight excluding hydrogens is 561 g/mol. The van der Waals surface area contributed by atoms with Crippen LogP contribution < -0.4 is 0 Å². The Balaban J connectivity index is 0.000000201. The van der Waals surface area contributed by atoms with Gasteiger partial charge in [-0.05, 0) is 24.3 Å². The van der Waals surface area contributed by atoms with Crippen molar-refractivity contribution < 1.29 is 31.4 Å². The van der Waals surface area contributed by atoms with Crippen LogP contribution in [0.15, 0.2) is 36.9 Å². The van der Waals surface area contributed by atoms with Gasteiger partial charge in [-0.2, -0.15) is 0 Å². The summed E-state index contributed by atoms with van der Waals surface area (Å²) in [4.78, 5) is 6.81. The summed E-state index contributed by atoms with van der Waals surface area (Å²) < 4.78 is 78.7. The first-order chi connectivity index (χ1) is 17.1. The molecule has 2 aromatic heterocycles. The Bertz CT molecular complexity index is 1250. The van der Waals surface area contributed by atoms with Crippen molar-refractivity contribution in [3.63, 3.8) is 0 Å². The van der Waals surface area contributed by atoms with Crippen LogP contribution in [0.5, 0.6) is 0 Å². The quantitative estimate of drug-likeness (QED) is 0.219. The topological polar surface area (TPSA) is 81.6 Å². The number of benzene rings is 2. The summed E-state index contributed by atoms with van der Waals surface area (Å²) in [7, 11) is 0. The molecule has 0 radical (unpaired) electrons. The number of hydrogen-bond acceptors (Lipinski definition) is 5. The first-order valence-corrected chi connectivity index (χ1v) is 10.9. The Morgan fingerprint density at radius 1 is 0.750 bits per heavy atom. The fourth-order valence-corrected chi connectivity index (χ4v) is 3.46. The van der Waals surface area contributed by atoms with E-state index in [1.807, 2.05) is 0 Å². The van der Waals surface area contributed by atoms with Gasteiger partial charge in [-0.3, -0.25) is 0 Å². The molecule has 0 spiro atoms. The number of aliphatic hydroxyl groups is 1. The minimum atomic E-state index is -2.82. The van der Waals surface area contributed by atoms with Crippen molar-refractivity contribution in [2.75, 3.05) is 0 Å². The molecule has 0 aliphatic heterocycles. The van der Waals surface area contributed by atoms with E-state index in [0.717, 1.165) is 22.0 Å². The van der Waals surface area contributed by atoms with Crippen LogP contribution in [0.4, 0.5) is 26.3 Å². The highest BCUT2D eigenvalue weighted by Gasteiger charge is 2.18. The molecule has 1 N–H and O–H groups in total. The molecule has 16 heteroatoms. The molecule has 0 bridgehead atoms. The van der Waals surface area contributed by atoms with E-state index in [4.69, 9.17) is 39.9 Å². The summed E-state index contributed by atoms with van der Waals surface area (Å²) in [5, 5.41) is 15.9. The van der Waals surface area contributed by atoms with Crippen molar-refractivity contribution in [3.8, 4) is 11.4 Å². The fraction of sp³-hybridized carbons (Fsp3) is 0.200. The van der Waals surface area contributed by atoms with Crippen molar-refractivity contribution >= 4 is 34.8 Å². The molecule has 0 atom stereocenters. The predicted molar refractivity (Wildman–Crippen MR) is 118 cm³/mol. The average molecular weight is 574 g/mol. The third-order valence-corrected chi connectivity index (χ3v) is 5.39.